The maximum Gasteiger partial charge on any atom is 0.471 e. The molecular formula is C25H38F4N4O6S. The summed E-state index contributed by atoms with van der Waals surface area (Å²) in [6, 6.07) is -3.85. The highest BCUT2D eigenvalue weighted by Crippen LogP contribution is 2.43. The third-order valence-corrected chi connectivity index (χ3v) is 8.82. The quantitative estimate of drug-likeness (QED) is 0.309. The second-order valence-corrected chi connectivity index (χ2v) is 14.0. The molecule has 3 amide bonds. The molecular weight excluding hydrogens is 560 g/mol. The van der Waals surface area contributed by atoms with Crippen LogP contribution < -0.4 is 16.0 Å². The number of rotatable bonds is 8. The van der Waals surface area contributed by atoms with Crippen LogP contribution in [0.1, 0.15) is 52.9 Å². The topological polar surface area (TPSA) is 145 Å². The van der Waals surface area contributed by atoms with E-state index in [-0.39, 0.29) is 24.8 Å². The molecule has 0 aromatic rings. The maximum absolute atomic E-state index is 14.5. The number of aliphatic hydroxyl groups is 1. The Hall–Kier alpha value is -2.26. The molecule has 3 rings (SSSR count). The number of nitrogens with one attached hydrogen (secondary N) is 3. The van der Waals surface area contributed by atoms with Crippen LogP contribution in [-0.4, -0.2) is 86.0 Å². The van der Waals surface area contributed by atoms with Crippen molar-refractivity contribution in [3.63, 3.8) is 0 Å². The second kappa shape index (κ2) is 11.9. The van der Waals surface area contributed by atoms with Crippen molar-refractivity contribution in [2.75, 3.05) is 19.3 Å². The molecule has 1 unspecified atom stereocenters. The molecule has 40 heavy (non-hydrogen) atoms. The van der Waals surface area contributed by atoms with Gasteiger partial charge in [0.05, 0.1) is 6.04 Å². The van der Waals surface area contributed by atoms with Crippen molar-refractivity contribution in [3.8, 4) is 0 Å². The first-order valence-electron chi connectivity index (χ1n) is 13.3. The molecule has 0 radical (unpaired) electrons. The minimum Gasteiger partial charge on any atom is -0.378 e. The van der Waals surface area contributed by atoms with Gasteiger partial charge in [-0.15, -0.1) is 0 Å². The second-order valence-electron chi connectivity index (χ2n) is 12.1. The number of halogens is 4. The summed E-state index contributed by atoms with van der Waals surface area (Å²) in [5, 5.41) is 15.9. The van der Waals surface area contributed by atoms with E-state index in [2.05, 4.69) is 10.6 Å². The molecule has 15 heteroatoms. The van der Waals surface area contributed by atoms with Crippen molar-refractivity contribution in [3.05, 3.63) is 11.2 Å². The van der Waals surface area contributed by atoms with Crippen LogP contribution in [0.25, 0.3) is 0 Å². The molecule has 3 aliphatic rings. The van der Waals surface area contributed by atoms with E-state index in [0.29, 0.717) is 32.1 Å². The normalized spacial score (nSPS) is 29.2. The Kier molecular flexibility index (Phi) is 9.61. The van der Waals surface area contributed by atoms with E-state index in [9.17, 15) is 45.5 Å². The van der Waals surface area contributed by atoms with E-state index in [1.54, 1.807) is 5.32 Å². The first-order chi connectivity index (χ1) is 18.3. The first kappa shape index (κ1) is 32.3. The highest BCUT2D eigenvalue weighted by Gasteiger charge is 2.53. The summed E-state index contributed by atoms with van der Waals surface area (Å²) in [5.41, 5.74) is -1.13. The van der Waals surface area contributed by atoms with E-state index in [1.165, 1.54) is 25.7 Å². The van der Waals surface area contributed by atoms with Crippen molar-refractivity contribution >= 4 is 27.6 Å². The third kappa shape index (κ3) is 7.52. The number of fused-ring (bicyclic) bond motifs is 1. The van der Waals surface area contributed by atoms with E-state index < -0.39 is 74.6 Å². The van der Waals surface area contributed by atoms with Gasteiger partial charge in [0.25, 0.3) is 0 Å². The Balaban J connectivity index is 1.91. The van der Waals surface area contributed by atoms with Crippen LogP contribution >= 0.6 is 0 Å². The van der Waals surface area contributed by atoms with Gasteiger partial charge in [0, 0.05) is 18.7 Å². The van der Waals surface area contributed by atoms with Gasteiger partial charge >= 0.3 is 12.1 Å². The van der Waals surface area contributed by atoms with Gasteiger partial charge in [-0.1, -0.05) is 27.2 Å². The molecule has 228 valence electrons. The number of carbonyl (C=O) groups excluding carboxylic acids is 3. The molecule has 0 bridgehead atoms. The minimum atomic E-state index is -5.22. The van der Waals surface area contributed by atoms with E-state index >= 15 is 0 Å². The predicted molar refractivity (Wildman–Crippen MR) is 136 cm³/mol. The number of likely N-dealkylation sites (tertiary alicyclic amines) is 1. The summed E-state index contributed by atoms with van der Waals surface area (Å²) in [4.78, 5) is 40.4. The van der Waals surface area contributed by atoms with Gasteiger partial charge in [0.15, 0.2) is 0 Å². The van der Waals surface area contributed by atoms with E-state index in [0.717, 1.165) is 12.5 Å². The Morgan fingerprint density at radius 2 is 1.77 bits per heavy atom. The Labute approximate surface area is 231 Å². The number of nitrogens with zero attached hydrogens (tertiary/aromatic N) is 1. The van der Waals surface area contributed by atoms with Gasteiger partial charge in [-0.05, 0) is 55.6 Å². The summed E-state index contributed by atoms with van der Waals surface area (Å²) in [7, 11) is -4.22. The minimum absolute atomic E-state index is 0.00383. The van der Waals surface area contributed by atoms with Crippen molar-refractivity contribution in [1.29, 1.82) is 0 Å². The van der Waals surface area contributed by atoms with Gasteiger partial charge < -0.3 is 20.6 Å². The first-order valence-corrected chi connectivity index (χ1v) is 15.2. The van der Waals surface area contributed by atoms with Gasteiger partial charge in [-0.3, -0.25) is 19.7 Å². The number of hydrogen-bond donors (Lipinski definition) is 4. The zero-order valence-electron chi connectivity index (χ0n) is 22.9. The molecule has 1 saturated carbocycles. The molecule has 2 saturated heterocycles. The van der Waals surface area contributed by atoms with Crippen LogP contribution in [0, 0.1) is 23.2 Å². The van der Waals surface area contributed by atoms with Crippen molar-refractivity contribution < 1.29 is 45.5 Å². The monoisotopic (exact) mass is 598 g/mol. The number of sulfone groups is 1. The molecule has 7 atom stereocenters. The molecule has 0 aromatic heterocycles. The lowest BCUT2D eigenvalue weighted by Crippen LogP contribution is -2.60. The molecule has 2 heterocycles. The van der Waals surface area contributed by atoms with Crippen LogP contribution in [0.2, 0.25) is 0 Å². The number of carbonyl (C=O) groups is 3. The van der Waals surface area contributed by atoms with Crippen LogP contribution in [0.5, 0.6) is 0 Å². The van der Waals surface area contributed by atoms with Crippen LogP contribution in [0.3, 0.4) is 0 Å². The van der Waals surface area contributed by atoms with Gasteiger partial charge in [-0.25, -0.2) is 8.42 Å². The Morgan fingerprint density at radius 3 is 2.30 bits per heavy atom. The average Bonchev–Trinajstić information content (AvgIpc) is 3.50. The summed E-state index contributed by atoms with van der Waals surface area (Å²) < 4.78 is 77.1. The summed E-state index contributed by atoms with van der Waals surface area (Å²) >= 11 is 0. The SMILES string of the molecule is CC(C)(C)[C@H](NC(=O)C(F)(F)F)C(=O)N1C[C@@H]2CCC[C@@H]2[C@H]1C(=O)N[C@H](/C=C(\F)S(C)(=O)=O)C[C@@H]1CCNC1O. The predicted octanol–water partition coefficient (Wildman–Crippen LogP) is 1.37. The fourth-order valence-corrected chi connectivity index (χ4v) is 6.34. The van der Waals surface area contributed by atoms with Crippen LogP contribution in [0.4, 0.5) is 17.6 Å². The van der Waals surface area contributed by atoms with E-state index in [4.69, 9.17) is 0 Å². The lowest BCUT2D eigenvalue weighted by Gasteiger charge is -2.36. The molecule has 3 fully saturated rings. The van der Waals surface area contributed by atoms with Crippen LogP contribution in [0.15, 0.2) is 11.2 Å². The van der Waals surface area contributed by atoms with Crippen molar-refractivity contribution in [2.24, 2.45) is 23.2 Å². The highest BCUT2D eigenvalue weighted by molar-refractivity contribution is 7.94. The summed E-state index contributed by atoms with van der Waals surface area (Å²) in [5.74, 6) is -4.65. The average molecular weight is 599 g/mol. The number of amides is 3. The Morgan fingerprint density at radius 1 is 1.12 bits per heavy atom. The summed E-state index contributed by atoms with van der Waals surface area (Å²) in [6.07, 6.45) is -2.19. The highest BCUT2D eigenvalue weighted by atomic mass is 32.2. The fraction of sp³-hybridized carbons (Fsp3) is 0.800. The fourth-order valence-electron chi connectivity index (χ4n) is 5.93. The van der Waals surface area contributed by atoms with E-state index in [1.807, 2.05) is 0 Å². The Bertz CT molecular complexity index is 1120. The zero-order valence-corrected chi connectivity index (χ0v) is 23.7. The molecule has 2 aliphatic heterocycles. The smallest absolute Gasteiger partial charge is 0.378 e. The number of aliphatic hydroxyl groups excluding tert-OH is 1. The van der Waals surface area contributed by atoms with Crippen LogP contribution in [-0.2, 0) is 24.2 Å². The maximum atomic E-state index is 14.5. The lowest BCUT2D eigenvalue weighted by atomic mass is 9.85. The third-order valence-electron chi connectivity index (χ3n) is 7.97. The largest absolute Gasteiger partial charge is 0.471 e. The van der Waals surface area contributed by atoms with Gasteiger partial charge in [0.1, 0.15) is 18.3 Å². The lowest BCUT2D eigenvalue weighted by molar-refractivity contribution is -0.176. The number of hydrogen-bond acceptors (Lipinski definition) is 7. The van der Waals surface area contributed by atoms with Gasteiger partial charge in [-0.2, -0.15) is 17.6 Å². The summed E-state index contributed by atoms with van der Waals surface area (Å²) in [6.45, 7) is 5.05. The standard InChI is InChI=1S/C25H38F4N4O6S/c1-24(2,3)19(32-23(37)25(27,28)29)22(36)33-12-14-6-5-7-16(14)18(33)21(35)31-15(11-17(26)40(4,38)39)10-13-8-9-30-20(13)34/h11,13-16,18-20,30,34H,5-10,12H2,1-4H3,(H,31,35)(H,32,37)/b17-11+/t13-,14-,15-,16-,18-,19+,20?/m0/s1. The molecule has 10 nitrogen and oxygen atoms in total. The van der Waals surface area contributed by atoms with Crippen molar-refractivity contribution in [1.82, 2.24) is 20.9 Å². The number of alkyl halides is 3. The molecule has 4 N–H and O–H groups in total. The molecule has 0 aromatic carbocycles. The van der Waals surface area contributed by atoms with Gasteiger partial charge in [0.2, 0.25) is 26.8 Å². The zero-order chi connectivity index (χ0) is 30.2. The molecule has 1 aliphatic carbocycles. The van der Waals surface area contributed by atoms with Crippen molar-refractivity contribution in [2.45, 2.75) is 83.4 Å². The molecule has 0 spiro atoms.